The van der Waals surface area contributed by atoms with Crippen molar-refractivity contribution in [2.45, 2.75) is 24.6 Å². The van der Waals surface area contributed by atoms with E-state index in [1.807, 2.05) is 23.5 Å². The van der Waals surface area contributed by atoms with Crippen LogP contribution in [0.3, 0.4) is 0 Å². The van der Waals surface area contributed by atoms with Gasteiger partial charge in [-0.15, -0.1) is 0 Å². The molecule has 19 heavy (non-hydrogen) atoms. The van der Waals surface area contributed by atoms with E-state index in [0.29, 0.717) is 0 Å². The zero-order valence-electron chi connectivity index (χ0n) is 11.0. The molecule has 0 amide bonds. The van der Waals surface area contributed by atoms with E-state index in [2.05, 4.69) is 12.2 Å². The molecule has 1 fully saturated rings. The van der Waals surface area contributed by atoms with E-state index in [1.54, 1.807) is 0 Å². The van der Waals surface area contributed by atoms with Gasteiger partial charge < -0.3 is 5.32 Å². The molecule has 1 aromatic carbocycles. The maximum absolute atomic E-state index is 14.0. The number of thioether (sulfide) groups is 2. The highest BCUT2D eigenvalue weighted by Crippen LogP contribution is 2.35. The largest absolute Gasteiger partial charge is 0.309 e. The summed E-state index contributed by atoms with van der Waals surface area (Å²) in [6.07, 6.45) is 0.955. The van der Waals surface area contributed by atoms with E-state index in [0.717, 1.165) is 30.2 Å². The van der Waals surface area contributed by atoms with E-state index in [9.17, 15) is 8.78 Å². The molecule has 1 heterocycles. The fourth-order valence-corrected chi connectivity index (χ4v) is 5.07. The van der Waals surface area contributed by atoms with Crippen LogP contribution in [0.5, 0.6) is 0 Å². The molecule has 2 atom stereocenters. The number of nitrogens with one attached hydrogen (secondary N) is 1. The predicted molar refractivity (Wildman–Crippen MR) is 81.0 cm³/mol. The first-order valence-electron chi connectivity index (χ1n) is 6.60. The van der Waals surface area contributed by atoms with Crippen LogP contribution in [0.2, 0.25) is 0 Å². The summed E-state index contributed by atoms with van der Waals surface area (Å²) in [5.41, 5.74) is 0.205. The lowest BCUT2D eigenvalue weighted by Crippen LogP contribution is -2.35. The first-order chi connectivity index (χ1) is 9.24. The molecule has 0 radical (unpaired) electrons. The second-order valence-electron chi connectivity index (χ2n) is 4.55. The van der Waals surface area contributed by atoms with E-state index < -0.39 is 11.6 Å². The van der Waals surface area contributed by atoms with Crippen molar-refractivity contribution in [1.29, 1.82) is 0 Å². The van der Waals surface area contributed by atoms with Gasteiger partial charge in [0.15, 0.2) is 0 Å². The Kier molecular flexibility index (Phi) is 5.98. The zero-order valence-corrected chi connectivity index (χ0v) is 12.6. The van der Waals surface area contributed by atoms with Gasteiger partial charge in [-0.1, -0.05) is 13.0 Å². The Morgan fingerprint density at radius 3 is 2.63 bits per heavy atom. The number of benzene rings is 1. The van der Waals surface area contributed by atoms with Crippen LogP contribution in [-0.2, 0) is 0 Å². The van der Waals surface area contributed by atoms with Crippen LogP contribution in [0.15, 0.2) is 18.2 Å². The first-order valence-corrected chi connectivity index (χ1v) is 8.81. The van der Waals surface area contributed by atoms with Gasteiger partial charge in [0, 0.05) is 28.1 Å². The van der Waals surface area contributed by atoms with Crippen molar-refractivity contribution >= 4 is 23.5 Å². The molecule has 0 saturated carbocycles. The Bertz CT molecular complexity index is 388. The van der Waals surface area contributed by atoms with Crippen molar-refractivity contribution in [3.8, 4) is 0 Å². The maximum Gasteiger partial charge on any atom is 0.130 e. The van der Waals surface area contributed by atoms with Crippen molar-refractivity contribution in [3.05, 3.63) is 35.4 Å². The van der Waals surface area contributed by atoms with Crippen molar-refractivity contribution in [2.75, 3.05) is 23.8 Å². The fraction of sp³-hybridized carbons (Fsp3) is 0.571. The van der Waals surface area contributed by atoms with Gasteiger partial charge in [0.25, 0.3) is 0 Å². The third-order valence-corrected chi connectivity index (χ3v) is 6.00. The highest BCUT2D eigenvalue weighted by molar-refractivity contribution is 8.06. The molecule has 106 valence electrons. The van der Waals surface area contributed by atoms with Gasteiger partial charge in [0.2, 0.25) is 0 Å². The van der Waals surface area contributed by atoms with Crippen LogP contribution in [0.4, 0.5) is 8.78 Å². The summed E-state index contributed by atoms with van der Waals surface area (Å²) in [5, 5.41) is 3.56. The molecule has 2 unspecified atom stereocenters. The summed E-state index contributed by atoms with van der Waals surface area (Å²) in [5.74, 6) is 2.24. The minimum Gasteiger partial charge on any atom is -0.309 e. The number of halogens is 2. The number of rotatable bonds is 5. The van der Waals surface area contributed by atoms with Crippen LogP contribution in [0.25, 0.3) is 0 Å². The van der Waals surface area contributed by atoms with Crippen LogP contribution in [-0.4, -0.2) is 29.1 Å². The van der Waals surface area contributed by atoms with Gasteiger partial charge in [-0.25, -0.2) is 8.78 Å². The second kappa shape index (κ2) is 7.50. The molecular weight excluding hydrogens is 284 g/mol. The first kappa shape index (κ1) is 15.1. The van der Waals surface area contributed by atoms with E-state index in [4.69, 9.17) is 0 Å². The van der Waals surface area contributed by atoms with Gasteiger partial charge in [0.1, 0.15) is 11.6 Å². The van der Waals surface area contributed by atoms with E-state index in [1.165, 1.54) is 18.2 Å². The average Bonchev–Trinajstić information content (AvgIpc) is 2.43. The molecular formula is C14H19F2NS2. The molecule has 1 N–H and O–H groups in total. The van der Waals surface area contributed by atoms with Crippen LogP contribution >= 0.6 is 23.5 Å². The van der Waals surface area contributed by atoms with Crippen molar-refractivity contribution in [1.82, 2.24) is 5.32 Å². The average molecular weight is 303 g/mol. The highest BCUT2D eigenvalue weighted by atomic mass is 32.2. The summed E-state index contributed by atoms with van der Waals surface area (Å²) in [4.78, 5) is 0. The zero-order chi connectivity index (χ0) is 13.7. The monoisotopic (exact) mass is 303 g/mol. The molecule has 0 aliphatic carbocycles. The second-order valence-corrected chi connectivity index (χ2v) is 7.05. The molecule has 1 nitrogen and oxygen atoms in total. The standard InChI is InChI=1S/C14H19F2NS2/c1-2-6-17-14(12-9-18-7-8-19-12)13-10(15)4-3-5-11(13)16/h3-5,12,14,17H,2,6-9H2,1H3. The van der Waals surface area contributed by atoms with E-state index in [-0.39, 0.29) is 16.9 Å². The van der Waals surface area contributed by atoms with Crippen molar-refractivity contribution in [3.63, 3.8) is 0 Å². The third kappa shape index (κ3) is 3.86. The highest BCUT2D eigenvalue weighted by Gasteiger charge is 2.29. The Labute approximate surface area is 121 Å². The lowest BCUT2D eigenvalue weighted by atomic mass is 10.0. The van der Waals surface area contributed by atoms with E-state index >= 15 is 0 Å². The topological polar surface area (TPSA) is 12.0 Å². The van der Waals surface area contributed by atoms with Gasteiger partial charge in [-0.2, -0.15) is 23.5 Å². The molecule has 2 rings (SSSR count). The van der Waals surface area contributed by atoms with Crippen molar-refractivity contribution in [2.24, 2.45) is 0 Å². The lowest BCUT2D eigenvalue weighted by molar-refractivity contribution is 0.465. The Morgan fingerprint density at radius 2 is 2.05 bits per heavy atom. The maximum atomic E-state index is 14.0. The van der Waals surface area contributed by atoms with Crippen LogP contribution < -0.4 is 5.32 Å². The predicted octanol–water partition coefficient (Wildman–Crippen LogP) is 3.85. The third-order valence-electron chi connectivity index (χ3n) is 3.14. The molecule has 1 aliphatic rings. The molecule has 0 spiro atoms. The molecule has 0 bridgehead atoms. The molecule has 1 aliphatic heterocycles. The molecule has 5 heteroatoms. The number of hydrogen-bond donors (Lipinski definition) is 1. The summed E-state index contributed by atoms with van der Waals surface area (Å²) in [6.45, 7) is 2.84. The number of hydrogen-bond acceptors (Lipinski definition) is 3. The summed E-state index contributed by atoms with van der Waals surface area (Å²) >= 11 is 3.68. The Morgan fingerprint density at radius 1 is 1.32 bits per heavy atom. The normalized spacial score (nSPS) is 21.3. The lowest BCUT2D eigenvalue weighted by Gasteiger charge is -2.31. The van der Waals surface area contributed by atoms with Crippen LogP contribution in [0.1, 0.15) is 24.9 Å². The molecule has 0 aromatic heterocycles. The fourth-order valence-electron chi connectivity index (χ4n) is 2.23. The van der Waals surface area contributed by atoms with Gasteiger partial charge in [0.05, 0.1) is 6.04 Å². The quantitative estimate of drug-likeness (QED) is 0.887. The smallest absolute Gasteiger partial charge is 0.130 e. The van der Waals surface area contributed by atoms with Crippen molar-refractivity contribution < 1.29 is 8.78 Å². The summed E-state index contributed by atoms with van der Waals surface area (Å²) in [7, 11) is 0. The van der Waals surface area contributed by atoms with Gasteiger partial charge >= 0.3 is 0 Å². The SMILES string of the molecule is CCCNC(c1c(F)cccc1F)C1CSCCS1. The van der Waals surface area contributed by atoms with Crippen LogP contribution in [0, 0.1) is 11.6 Å². The Balaban J connectivity index is 2.25. The van der Waals surface area contributed by atoms with Gasteiger partial charge in [-0.05, 0) is 25.1 Å². The minimum atomic E-state index is -0.440. The summed E-state index contributed by atoms with van der Waals surface area (Å²) in [6, 6.07) is 3.88. The molecule has 1 aromatic rings. The molecule has 1 saturated heterocycles. The minimum absolute atomic E-state index is 0.205. The summed E-state index contributed by atoms with van der Waals surface area (Å²) < 4.78 is 28.0. The van der Waals surface area contributed by atoms with Gasteiger partial charge in [-0.3, -0.25) is 0 Å². The Hall–Kier alpha value is -0.260.